The standard InChI is InChI=1S/C23H28N2O3/c1-6-11-25-19-10-9-18(13-20(19)28-14-23(4,5)22(25)27)24-21(26)17-8-7-15(2)16(3)12-17/h7-10,12-13H,6,11,14H2,1-5H3,(H,24,26). The summed E-state index contributed by atoms with van der Waals surface area (Å²) < 4.78 is 5.96. The van der Waals surface area contributed by atoms with E-state index < -0.39 is 5.41 Å². The molecular weight excluding hydrogens is 352 g/mol. The average molecular weight is 380 g/mol. The number of hydrogen-bond donors (Lipinski definition) is 1. The molecule has 28 heavy (non-hydrogen) atoms. The van der Waals surface area contributed by atoms with Crippen LogP contribution in [0.25, 0.3) is 0 Å². The number of hydrogen-bond acceptors (Lipinski definition) is 3. The highest BCUT2D eigenvalue weighted by Crippen LogP contribution is 2.38. The Labute approximate surface area is 166 Å². The second kappa shape index (κ2) is 7.66. The Bertz CT molecular complexity index is 918. The van der Waals surface area contributed by atoms with Gasteiger partial charge in [-0.2, -0.15) is 0 Å². The maximum atomic E-state index is 12.9. The third-order valence-corrected chi connectivity index (χ3v) is 5.14. The van der Waals surface area contributed by atoms with Crippen LogP contribution in [-0.4, -0.2) is 25.0 Å². The van der Waals surface area contributed by atoms with E-state index in [-0.39, 0.29) is 11.8 Å². The van der Waals surface area contributed by atoms with Crippen molar-refractivity contribution in [1.29, 1.82) is 0 Å². The van der Waals surface area contributed by atoms with Crippen molar-refractivity contribution in [2.75, 3.05) is 23.4 Å². The number of nitrogens with one attached hydrogen (secondary N) is 1. The van der Waals surface area contributed by atoms with Crippen molar-refractivity contribution in [2.24, 2.45) is 5.41 Å². The minimum absolute atomic E-state index is 0.0556. The molecule has 1 aliphatic heterocycles. The van der Waals surface area contributed by atoms with E-state index in [1.165, 1.54) is 0 Å². The number of fused-ring (bicyclic) bond motifs is 1. The summed E-state index contributed by atoms with van der Waals surface area (Å²) in [4.78, 5) is 27.3. The highest BCUT2D eigenvalue weighted by molar-refractivity contribution is 6.05. The van der Waals surface area contributed by atoms with Crippen LogP contribution in [0.3, 0.4) is 0 Å². The molecule has 0 saturated heterocycles. The fraction of sp³-hybridized carbons (Fsp3) is 0.391. The molecule has 148 valence electrons. The molecule has 5 nitrogen and oxygen atoms in total. The summed E-state index contributed by atoms with van der Waals surface area (Å²) in [6.45, 7) is 10.8. The summed E-state index contributed by atoms with van der Waals surface area (Å²) in [6.07, 6.45) is 0.854. The van der Waals surface area contributed by atoms with E-state index in [0.717, 1.165) is 23.2 Å². The molecule has 5 heteroatoms. The molecule has 0 atom stereocenters. The van der Waals surface area contributed by atoms with Gasteiger partial charge < -0.3 is 15.0 Å². The second-order valence-corrected chi connectivity index (χ2v) is 8.07. The Kier molecular flexibility index (Phi) is 5.45. The number of rotatable bonds is 4. The maximum absolute atomic E-state index is 12.9. The third kappa shape index (κ3) is 3.88. The predicted octanol–water partition coefficient (Wildman–Crippen LogP) is 4.72. The van der Waals surface area contributed by atoms with Gasteiger partial charge in [0.05, 0.1) is 11.1 Å². The molecule has 0 aliphatic carbocycles. The van der Waals surface area contributed by atoms with Gasteiger partial charge in [0.1, 0.15) is 12.4 Å². The molecule has 1 N–H and O–H groups in total. The first-order valence-corrected chi connectivity index (χ1v) is 9.70. The van der Waals surface area contributed by atoms with Gasteiger partial charge in [0.2, 0.25) is 5.91 Å². The molecule has 0 aromatic heterocycles. The Morgan fingerprint density at radius 3 is 2.57 bits per heavy atom. The lowest BCUT2D eigenvalue weighted by Crippen LogP contribution is -2.42. The Hall–Kier alpha value is -2.82. The predicted molar refractivity (Wildman–Crippen MR) is 112 cm³/mol. The smallest absolute Gasteiger partial charge is 0.255 e. The Balaban J connectivity index is 1.88. The monoisotopic (exact) mass is 380 g/mol. The van der Waals surface area contributed by atoms with Crippen molar-refractivity contribution >= 4 is 23.2 Å². The Morgan fingerprint density at radius 1 is 1.14 bits per heavy atom. The first-order valence-electron chi connectivity index (χ1n) is 9.70. The summed E-state index contributed by atoms with van der Waals surface area (Å²) in [5.74, 6) is 0.503. The van der Waals surface area contributed by atoms with Gasteiger partial charge in [0, 0.05) is 23.9 Å². The summed E-state index contributed by atoms with van der Waals surface area (Å²) in [7, 11) is 0. The fourth-order valence-electron chi connectivity index (χ4n) is 3.26. The van der Waals surface area contributed by atoms with Crippen molar-refractivity contribution in [1.82, 2.24) is 0 Å². The lowest BCUT2D eigenvalue weighted by atomic mass is 9.93. The van der Waals surface area contributed by atoms with Crippen LogP contribution in [0.15, 0.2) is 36.4 Å². The van der Waals surface area contributed by atoms with E-state index >= 15 is 0 Å². The summed E-state index contributed by atoms with van der Waals surface area (Å²) in [6, 6.07) is 11.1. The van der Waals surface area contributed by atoms with Gasteiger partial charge in [-0.15, -0.1) is 0 Å². The maximum Gasteiger partial charge on any atom is 0.255 e. The zero-order valence-corrected chi connectivity index (χ0v) is 17.3. The van der Waals surface area contributed by atoms with E-state index in [2.05, 4.69) is 5.32 Å². The van der Waals surface area contributed by atoms with Crippen molar-refractivity contribution in [3.8, 4) is 5.75 Å². The third-order valence-electron chi connectivity index (χ3n) is 5.14. The summed E-state index contributed by atoms with van der Waals surface area (Å²) >= 11 is 0. The number of aryl methyl sites for hydroxylation is 2. The minimum Gasteiger partial charge on any atom is -0.490 e. The van der Waals surface area contributed by atoms with Crippen LogP contribution in [-0.2, 0) is 4.79 Å². The molecule has 2 aromatic rings. The Morgan fingerprint density at radius 2 is 1.89 bits per heavy atom. The zero-order chi connectivity index (χ0) is 20.5. The quantitative estimate of drug-likeness (QED) is 0.835. The lowest BCUT2D eigenvalue weighted by Gasteiger charge is -2.27. The molecule has 1 heterocycles. The van der Waals surface area contributed by atoms with Gasteiger partial charge in [-0.1, -0.05) is 13.0 Å². The van der Waals surface area contributed by atoms with Gasteiger partial charge >= 0.3 is 0 Å². The minimum atomic E-state index is -0.600. The average Bonchev–Trinajstić information content (AvgIpc) is 2.74. The van der Waals surface area contributed by atoms with Crippen LogP contribution >= 0.6 is 0 Å². The highest BCUT2D eigenvalue weighted by atomic mass is 16.5. The summed E-state index contributed by atoms with van der Waals surface area (Å²) in [5.41, 5.74) is 3.64. The number of carbonyl (C=O) groups is 2. The molecule has 3 rings (SSSR count). The van der Waals surface area contributed by atoms with Crippen LogP contribution in [0.2, 0.25) is 0 Å². The van der Waals surface area contributed by atoms with Crippen molar-refractivity contribution < 1.29 is 14.3 Å². The highest BCUT2D eigenvalue weighted by Gasteiger charge is 2.37. The first-order chi connectivity index (χ1) is 13.2. The van der Waals surface area contributed by atoms with Gasteiger partial charge in [0.15, 0.2) is 0 Å². The van der Waals surface area contributed by atoms with Crippen molar-refractivity contribution in [3.05, 3.63) is 53.1 Å². The molecule has 2 amide bonds. The molecule has 1 aliphatic rings. The van der Waals surface area contributed by atoms with Gasteiger partial charge in [-0.05, 0) is 69.5 Å². The number of carbonyl (C=O) groups excluding carboxylic acids is 2. The molecule has 0 fully saturated rings. The molecule has 0 spiro atoms. The SMILES string of the molecule is CCCN1C(=O)C(C)(C)COc2cc(NC(=O)c3ccc(C)c(C)c3)ccc21. The number of anilines is 2. The van der Waals surface area contributed by atoms with Crippen LogP contribution in [0, 0.1) is 19.3 Å². The number of benzene rings is 2. The topological polar surface area (TPSA) is 58.6 Å². The van der Waals surface area contributed by atoms with Gasteiger partial charge in [-0.3, -0.25) is 9.59 Å². The van der Waals surface area contributed by atoms with Crippen molar-refractivity contribution in [2.45, 2.75) is 41.0 Å². The van der Waals surface area contributed by atoms with E-state index in [9.17, 15) is 9.59 Å². The van der Waals surface area contributed by atoms with E-state index in [4.69, 9.17) is 4.74 Å². The van der Waals surface area contributed by atoms with Crippen LogP contribution < -0.4 is 15.0 Å². The molecule has 0 bridgehead atoms. The molecule has 0 unspecified atom stereocenters. The van der Waals surface area contributed by atoms with Crippen LogP contribution in [0.1, 0.15) is 48.7 Å². The molecule has 0 saturated carbocycles. The molecule has 0 radical (unpaired) electrons. The molecule has 2 aromatic carbocycles. The summed E-state index contributed by atoms with van der Waals surface area (Å²) in [5, 5.41) is 2.93. The number of nitrogens with zero attached hydrogens (tertiary/aromatic N) is 1. The van der Waals surface area contributed by atoms with Gasteiger partial charge in [0.25, 0.3) is 5.91 Å². The first kappa shape index (κ1) is 19.9. The largest absolute Gasteiger partial charge is 0.490 e. The van der Waals surface area contributed by atoms with E-state index in [0.29, 0.717) is 30.2 Å². The number of amides is 2. The van der Waals surface area contributed by atoms with E-state index in [1.807, 2.05) is 65.0 Å². The van der Waals surface area contributed by atoms with E-state index in [1.54, 1.807) is 11.0 Å². The lowest BCUT2D eigenvalue weighted by molar-refractivity contribution is -0.127. The second-order valence-electron chi connectivity index (χ2n) is 8.07. The zero-order valence-electron chi connectivity index (χ0n) is 17.3. The van der Waals surface area contributed by atoms with Crippen LogP contribution in [0.4, 0.5) is 11.4 Å². The number of ether oxygens (including phenoxy) is 1. The van der Waals surface area contributed by atoms with Gasteiger partial charge in [-0.25, -0.2) is 0 Å². The normalized spacial score (nSPS) is 15.5. The molecular formula is C23H28N2O3. The van der Waals surface area contributed by atoms with Crippen molar-refractivity contribution in [3.63, 3.8) is 0 Å². The van der Waals surface area contributed by atoms with Crippen LogP contribution in [0.5, 0.6) is 5.75 Å². The fourth-order valence-corrected chi connectivity index (χ4v) is 3.26.